The molecule has 2 aliphatic heterocycles. The van der Waals surface area contributed by atoms with E-state index >= 15 is 0 Å². The Balaban J connectivity index is 1.53. The van der Waals surface area contributed by atoms with Crippen LogP contribution in [0.4, 0.5) is 19.0 Å². The Morgan fingerprint density at radius 1 is 1.41 bits per heavy atom. The van der Waals surface area contributed by atoms with Crippen molar-refractivity contribution in [3.8, 4) is 0 Å². The van der Waals surface area contributed by atoms with Crippen LogP contribution in [0.3, 0.4) is 0 Å². The second-order valence-corrected chi connectivity index (χ2v) is 7.67. The minimum atomic E-state index is -4.37. The summed E-state index contributed by atoms with van der Waals surface area (Å²) < 4.78 is 46.8. The SMILES string of the molecule is CC[C@@H]1C[C@H](C(F)(F)F)n2nc([C@H]3CCCN3C(=O)CCc3ccno3)cc2N1. The summed E-state index contributed by atoms with van der Waals surface area (Å²) in [4.78, 5) is 14.4. The lowest BCUT2D eigenvalue weighted by molar-refractivity contribution is -0.173. The molecule has 1 amide bonds. The first-order valence-electron chi connectivity index (χ1n) is 9.98. The molecule has 3 atom stereocenters. The van der Waals surface area contributed by atoms with Gasteiger partial charge in [0, 0.05) is 37.6 Å². The summed E-state index contributed by atoms with van der Waals surface area (Å²) in [5, 5.41) is 11.1. The fourth-order valence-corrected chi connectivity index (χ4v) is 4.22. The van der Waals surface area contributed by atoms with Crippen LogP contribution in [0.2, 0.25) is 0 Å². The van der Waals surface area contributed by atoms with E-state index < -0.39 is 12.2 Å². The van der Waals surface area contributed by atoms with Gasteiger partial charge in [-0.2, -0.15) is 18.3 Å². The number of fused-ring (bicyclic) bond motifs is 1. The smallest absolute Gasteiger partial charge is 0.367 e. The molecule has 0 radical (unpaired) electrons. The van der Waals surface area contributed by atoms with Crippen molar-refractivity contribution >= 4 is 11.7 Å². The average Bonchev–Trinajstić information content (AvgIpc) is 3.43. The molecule has 1 saturated heterocycles. The molecule has 10 heteroatoms. The van der Waals surface area contributed by atoms with Gasteiger partial charge >= 0.3 is 6.18 Å². The van der Waals surface area contributed by atoms with E-state index in [9.17, 15) is 18.0 Å². The van der Waals surface area contributed by atoms with E-state index in [1.54, 1.807) is 17.0 Å². The first-order valence-corrected chi connectivity index (χ1v) is 9.98. The fraction of sp³-hybridized carbons (Fsp3) is 0.632. The zero-order valence-electron chi connectivity index (χ0n) is 16.2. The molecule has 29 heavy (non-hydrogen) atoms. The highest BCUT2D eigenvalue weighted by molar-refractivity contribution is 5.77. The summed E-state index contributed by atoms with van der Waals surface area (Å²) in [6.45, 7) is 2.44. The quantitative estimate of drug-likeness (QED) is 0.809. The summed E-state index contributed by atoms with van der Waals surface area (Å²) >= 11 is 0. The molecule has 158 valence electrons. The van der Waals surface area contributed by atoms with Gasteiger partial charge in [-0.15, -0.1) is 0 Å². The molecule has 7 nitrogen and oxygen atoms in total. The van der Waals surface area contributed by atoms with Crippen LogP contribution >= 0.6 is 0 Å². The van der Waals surface area contributed by atoms with Crippen LogP contribution in [0.1, 0.15) is 62.6 Å². The van der Waals surface area contributed by atoms with Crippen LogP contribution in [0.25, 0.3) is 0 Å². The number of anilines is 1. The van der Waals surface area contributed by atoms with Crippen LogP contribution in [0.15, 0.2) is 22.9 Å². The number of halogens is 3. The van der Waals surface area contributed by atoms with Gasteiger partial charge in [0.05, 0.1) is 17.9 Å². The number of aryl methyl sites for hydroxylation is 1. The van der Waals surface area contributed by atoms with Crippen LogP contribution in [0, 0.1) is 0 Å². The van der Waals surface area contributed by atoms with E-state index in [2.05, 4.69) is 15.6 Å². The molecule has 0 spiro atoms. The van der Waals surface area contributed by atoms with Gasteiger partial charge in [-0.05, 0) is 25.7 Å². The summed E-state index contributed by atoms with van der Waals surface area (Å²) in [6.07, 6.45) is -0.0792. The van der Waals surface area contributed by atoms with E-state index in [0.717, 1.165) is 11.1 Å². The Kier molecular flexibility index (Phi) is 5.26. The van der Waals surface area contributed by atoms with Gasteiger partial charge in [-0.3, -0.25) is 4.79 Å². The van der Waals surface area contributed by atoms with Crippen molar-refractivity contribution in [3.63, 3.8) is 0 Å². The number of likely N-dealkylation sites (tertiary alicyclic amines) is 1. The fourth-order valence-electron chi connectivity index (χ4n) is 4.22. The molecular weight excluding hydrogens is 387 g/mol. The predicted octanol–water partition coefficient (Wildman–Crippen LogP) is 3.87. The number of rotatable bonds is 5. The maximum Gasteiger partial charge on any atom is 0.410 e. The number of hydrogen-bond donors (Lipinski definition) is 1. The largest absolute Gasteiger partial charge is 0.410 e. The van der Waals surface area contributed by atoms with Gasteiger partial charge in [0.2, 0.25) is 5.91 Å². The number of aromatic nitrogens is 3. The van der Waals surface area contributed by atoms with E-state index in [1.807, 2.05) is 6.92 Å². The number of nitrogens with zero attached hydrogens (tertiary/aromatic N) is 4. The minimum absolute atomic E-state index is 0.0430. The maximum atomic E-state index is 13.6. The molecular formula is C19H24F3N5O2. The van der Waals surface area contributed by atoms with E-state index in [1.165, 1.54) is 6.20 Å². The molecule has 0 bridgehead atoms. The highest BCUT2D eigenvalue weighted by Gasteiger charge is 2.46. The third-order valence-corrected chi connectivity index (χ3v) is 5.77. The molecule has 4 heterocycles. The summed E-state index contributed by atoms with van der Waals surface area (Å²) in [7, 11) is 0. The van der Waals surface area contributed by atoms with Crippen LogP contribution in [-0.2, 0) is 11.2 Å². The van der Waals surface area contributed by atoms with Gasteiger partial charge in [0.25, 0.3) is 0 Å². The molecule has 2 aliphatic rings. The molecule has 0 saturated carbocycles. The zero-order valence-corrected chi connectivity index (χ0v) is 16.2. The molecule has 4 rings (SSSR count). The molecule has 2 aromatic heterocycles. The van der Waals surface area contributed by atoms with Crippen LogP contribution in [-0.4, -0.2) is 44.5 Å². The summed E-state index contributed by atoms with van der Waals surface area (Å²) in [5.74, 6) is 0.956. The average molecular weight is 411 g/mol. The second kappa shape index (κ2) is 7.72. The van der Waals surface area contributed by atoms with Crippen molar-refractivity contribution in [2.75, 3.05) is 11.9 Å². The molecule has 0 aliphatic carbocycles. The Morgan fingerprint density at radius 2 is 2.24 bits per heavy atom. The third kappa shape index (κ3) is 3.97. The minimum Gasteiger partial charge on any atom is -0.367 e. The Morgan fingerprint density at radius 3 is 2.93 bits per heavy atom. The standard InChI is InChI=1S/C19H24F3N5O2/c1-2-12-10-16(19(20,21)22)27-17(24-12)11-14(25-27)15-4-3-9-26(15)18(28)6-5-13-7-8-23-29-13/h7-8,11-12,15-16,24H,2-6,9-10H2,1H3/t12-,15-,16-/m1/s1. The maximum absolute atomic E-state index is 13.6. The normalized spacial score (nSPS) is 24.4. The van der Waals surface area contributed by atoms with Gasteiger partial charge in [0.15, 0.2) is 6.04 Å². The van der Waals surface area contributed by atoms with Gasteiger partial charge in [-0.25, -0.2) is 4.68 Å². The number of carbonyl (C=O) groups excluding carboxylic acids is 1. The molecule has 0 aromatic carbocycles. The molecule has 1 fully saturated rings. The lowest BCUT2D eigenvalue weighted by Gasteiger charge is -2.32. The van der Waals surface area contributed by atoms with Crippen molar-refractivity contribution in [1.82, 2.24) is 19.8 Å². The second-order valence-electron chi connectivity index (χ2n) is 7.67. The monoisotopic (exact) mass is 411 g/mol. The number of carbonyl (C=O) groups is 1. The number of nitrogens with one attached hydrogen (secondary N) is 1. The van der Waals surface area contributed by atoms with Crippen molar-refractivity contribution in [2.24, 2.45) is 0 Å². The van der Waals surface area contributed by atoms with E-state index in [-0.39, 0.29) is 30.8 Å². The predicted molar refractivity (Wildman–Crippen MR) is 98.1 cm³/mol. The van der Waals surface area contributed by atoms with Crippen molar-refractivity contribution in [3.05, 3.63) is 29.8 Å². The zero-order chi connectivity index (χ0) is 20.6. The van der Waals surface area contributed by atoms with Gasteiger partial charge < -0.3 is 14.7 Å². The third-order valence-electron chi connectivity index (χ3n) is 5.77. The van der Waals surface area contributed by atoms with Crippen molar-refractivity contribution < 1.29 is 22.5 Å². The van der Waals surface area contributed by atoms with Crippen LogP contribution in [0.5, 0.6) is 0 Å². The van der Waals surface area contributed by atoms with Gasteiger partial charge in [-0.1, -0.05) is 12.1 Å². The van der Waals surface area contributed by atoms with E-state index in [0.29, 0.717) is 43.1 Å². The highest BCUT2D eigenvalue weighted by Crippen LogP contribution is 2.42. The number of alkyl halides is 3. The van der Waals surface area contributed by atoms with Crippen LogP contribution < -0.4 is 5.32 Å². The van der Waals surface area contributed by atoms with Crippen molar-refractivity contribution in [1.29, 1.82) is 0 Å². The summed E-state index contributed by atoms with van der Waals surface area (Å²) in [5.41, 5.74) is 0.518. The Hall–Kier alpha value is -2.52. The van der Waals surface area contributed by atoms with E-state index in [4.69, 9.17) is 4.52 Å². The molecule has 1 N–H and O–H groups in total. The summed E-state index contributed by atoms with van der Waals surface area (Å²) in [6, 6.07) is 1.20. The topological polar surface area (TPSA) is 76.2 Å². The van der Waals surface area contributed by atoms with Gasteiger partial charge in [0.1, 0.15) is 11.6 Å². The number of amides is 1. The first kappa shape index (κ1) is 19.8. The highest BCUT2D eigenvalue weighted by atomic mass is 19.4. The lowest BCUT2D eigenvalue weighted by atomic mass is 10.0. The molecule has 2 aromatic rings. The molecule has 0 unspecified atom stereocenters. The number of hydrogen-bond acceptors (Lipinski definition) is 5. The van der Waals surface area contributed by atoms with Crippen molar-refractivity contribution in [2.45, 2.75) is 69.8 Å². The Bertz CT molecular complexity index is 849. The Labute approximate surface area is 166 Å². The lowest BCUT2D eigenvalue weighted by Crippen LogP contribution is -2.39. The first-order chi connectivity index (χ1) is 13.9.